The number of benzene rings is 2. The molecular formula is C24H19FN4O4. The number of halogens is 1. The number of nitrogens with two attached hydrogens (primary N) is 1. The van der Waals surface area contributed by atoms with Crippen molar-refractivity contribution >= 4 is 23.5 Å². The number of cyclic esters (lactones) is 1. The van der Waals surface area contributed by atoms with Crippen molar-refractivity contribution in [2.24, 2.45) is 5.73 Å². The number of pyridine rings is 1. The maximum atomic E-state index is 13.9. The quantitative estimate of drug-likeness (QED) is 0.501. The second-order valence-electron chi connectivity index (χ2n) is 7.14. The maximum absolute atomic E-state index is 13.9. The van der Waals surface area contributed by atoms with Gasteiger partial charge in [-0.05, 0) is 53.1 Å². The van der Waals surface area contributed by atoms with E-state index in [1.54, 1.807) is 42.5 Å². The fraction of sp³-hybridized carbons (Fsp3) is 0.0833. The Bertz CT molecular complexity index is 1290. The predicted octanol–water partition coefficient (Wildman–Crippen LogP) is 2.77. The predicted molar refractivity (Wildman–Crippen MR) is 118 cm³/mol. The summed E-state index contributed by atoms with van der Waals surface area (Å²) in [7, 11) is 0. The zero-order chi connectivity index (χ0) is 23.4. The van der Waals surface area contributed by atoms with Crippen molar-refractivity contribution in [3.8, 4) is 11.1 Å². The first-order chi connectivity index (χ1) is 16.0. The Morgan fingerprint density at radius 2 is 1.85 bits per heavy atom. The normalized spacial score (nSPS) is 12.7. The number of esters is 1. The summed E-state index contributed by atoms with van der Waals surface area (Å²) in [5, 5.41) is 5.05. The molecule has 0 spiro atoms. The molecule has 0 saturated heterocycles. The molecule has 4 N–H and O–H groups in total. The van der Waals surface area contributed by atoms with Crippen LogP contribution in [0.5, 0.6) is 0 Å². The van der Waals surface area contributed by atoms with Gasteiger partial charge in [0.05, 0.1) is 11.9 Å². The highest BCUT2D eigenvalue weighted by atomic mass is 19.1. The molecule has 0 aliphatic carbocycles. The molecule has 4 rings (SSSR count). The first-order valence-electron chi connectivity index (χ1n) is 9.99. The molecular weight excluding hydrogens is 427 g/mol. The van der Waals surface area contributed by atoms with Crippen molar-refractivity contribution in [1.29, 1.82) is 0 Å². The van der Waals surface area contributed by atoms with Crippen LogP contribution in [0.15, 0.2) is 72.7 Å². The number of hydrogen-bond acceptors (Lipinski definition) is 6. The van der Waals surface area contributed by atoms with Gasteiger partial charge in [0.25, 0.3) is 11.8 Å². The van der Waals surface area contributed by atoms with Gasteiger partial charge in [0.15, 0.2) is 5.82 Å². The van der Waals surface area contributed by atoms with E-state index < -0.39 is 23.6 Å². The summed E-state index contributed by atoms with van der Waals surface area (Å²) >= 11 is 0. The second-order valence-corrected chi connectivity index (χ2v) is 7.14. The van der Waals surface area contributed by atoms with Gasteiger partial charge in [0.2, 0.25) is 0 Å². The van der Waals surface area contributed by atoms with Gasteiger partial charge < -0.3 is 21.1 Å². The van der Waals surface area contributed by atoms with Crippen molar-refractivity contribution in [3.63, 3.8) is 0 Å². The smallest absolute Gasteiger partial charge is 0.354 e. The fourth-order valence-corrected chi connectivity index (χ4v) is 3.32. The van der Waals surface area contributed by atoms with Crippen LogP contribution in [0.1, 0.15) is 26.3 Å². The molecule has 1 aliphatic rings. The summed E-state index contributed by atoms with van der Waals surface area (Å²) in [5.41, 5.74) is 8.63. The molecule has 2 aromatic carbocycles. The second kappa shape index (κ2) is 9.41. The highest BCUT2D eigenvalue weighted by Crippen LogP contribution is 2.27. The van der Waals surface area contributed by atoms with Crippen LogP contribution in [0.3, 0.4) is 0 Å². The molecule has 1 aromatic heterocycles. The van der Waals surface area contributed by atoms with E-state index in [4.69, 9.17) is 10.5 Å². The Balaban J connectivity index is 1.62. The Kier molecular flexibility index (Phi) is 6.23. The lowest BCUT2D eigenvalue weighted by Crippen LogP contribution is -2.26. The van der Waals surface area contributed by atoms with E-state index in [9.17, 15) is 18.8 Å². The van der Waals surface area contributed by atoms with E-state index >= 15 is 0 Å². The van der Waals surface area contributed by atoms with Crippen LogP contribution in [0.4, 0.5) is 10.1 Å². The summed E-state index contributed by atoms with van der Waals surface area (Å²) in [4.78, 5) is 40.6. The minimum atomic E-state index is -0.648. The Hall–Kier alpha value is -4.37. The third-order valence-electron chi connectivity index (χ3n) is 5.02. The zero-order valence-electron chi connectivity index (χ0n) is 17.3. The van der Waals surface area contributed by atoms with Gasteiger partial charge in [-0.3, -0.25) is 14.6 Å². The zero-order valence-corrected chi connectivity index (χ0v) is 17.3. The average molecular weight is 446 g/mol. The topological polar surface area (TPSA) is 123 Å². The number of amides is 2. The molecule has 9 heteroatoms. The summed E-state index contributed by atoms with van der Waals surface area (Å²) in [6, 6.07) is 13.0. The number of hydrogen-bond donors (Lipinski definition) is 3. The van der Waals surface area contributed by atoms with Gasteiger partial charge in [-0.25, -0.2) is 9.18 Å². The largest absolute Gasteiger partial charge is 0.457 e. The lowest BCUT2D eigenvalue weighted by Gasteiger charge is -2.13. The standard InChI is InChI=1S/C24H19FN4O4/c25-19-13-27-8-6-20(19)28-23(31)16-4-5-17(12-26)18(11-16)14-2-1-3-15(10-14)22(30)29-21-7-9-33-24(21)32/h1-8,10-11,13H,9,12,26H2,(H,29,30)(H,27,28,31). The number of carbonyl (C=O) groups is 3. The number of carbonyl (C=O) groups excluding carboxylic acids is 3. The monoisotopic (exact) mass is 446 g/mol. The molecule has 8 nitrogen and oxygen atoms in total. The van der Waals surface area contributed by atoms with Crippen LogP contribution in [0, 0.1) is 5.82 Å². The molecule has 2 amide bonds. The van der Waals surface area contributed by atoms with Crippen molar-refractivity contribution in [2.45, 2.75) is 6.54 Å². The van der Waals surface area contributed by atoms with Crippen LogP contribution in [-0.4, -0.2) is 29.4 Å². The van der Waals surface area contributed by atoms with Crippen LogP contribution in [0.25, 0.3) is 11.1 Å². The molecule has 0 radical (unpaired) electrons. The Morgan fingerprint density at radius 3 is 2.58 bits per heavy atom. The van der Waals surface area contributed by atoms with Crippen molar-refractivity contribution < 1.29 is 23.5 Å². The molecule has 0 fully saturated rings. The third-order valence-corrected chi connectivity index (χ3v) is 5.02. The molecule has 166 valence electrons. The van der Waals surface area contributed by atoms with E-state index in [2.05, 4.69) is 15.6 Å². The summed E-state index contributed by atoms with van der Waals surface area (Å²) in [6.45, 7) is 0.317. The Labute approximate surface area is 188 Å². The molecule has 3 aromatic rings. The summed E-state index contributed by atoms with van der Waals surface area (Å²) in [6.07, 6.45) is 3.88. The van der Waals surface area contributed by atoms with Crippen molar-refractivity contribution in [2.75, 3.05) is 11.9 Å². The number of nitrogens with one attached hydrogen (secondary N) is 2. The molecule has 1 aliphatic heterocycles. The van der Waals surface area contributed by atoms with Crippen molar-refractivity contribution in [3.05, 3.63) is 95.2 Å². The van der Waals surface area contributed by atoms with E-state index in [-0.39, 0.29) is 30.1 Å². The van der Waals surface area contributed by atoms with Gasteiger partial charge >= 0.3 is 5.97 Å². The minimum Gasteiger partial charge on any atom is -0.457 e. The number of nitrogens with zero attached hydrogens (tertiary/aromatic N) is 1. The molecule has 0 unspecified atom stereocenters. The fourth-order valence-electron chi connectivity index (χ4n) is 3.32. The van der Waals surface area contributed by atoms with Crippen LogP contribution in [-0.2, 0) is 16.1 Å². The Morgan fingerprint density at radius 1 is 1.06 bits per heavy atom. The lowest BCUT2D eigenvalue weighted by molar-refractivity contribution is -0.136. The first-order valence-corrected chi connectivity index (χ1v) is 9.99. The highest BCUT2D eigenvalue weighted by molar-refractivity contribution is 6.05. The van der Waals surface area contributed by atoms with E-state index in [0.717, 1.165) is 11.8 Å². The van der Waals surface area contributed by atoms with Crippen LogP contribution >= 0.6 is 0 Å². The van der Waals surface area contributed by atoms with Gasteiger partial charge in [0, 0.05) is 23.9 Å². The van der Waals surface area contributed by atoms with Crippen molar-refractivity contribution in [1.82, 2.24) is 10.3 Å². The van der Waals surface area contributed by atoms with Gasteiger partial charge in [0.1, 0.15) is 12.3 Å². The van der Waals surface area contributed by atoms with E-state index in [1.807, 2.05) is 0 Å². The summed E-state index contributed by atoms with van der Waals surface area (Å²) < 4.78 is 18.6. The number of rotatable bonds is 6. The number of aromatic nitrogens is 1. The van der Waals surface area contributed by atoms with Gasteiger partial charge in [-0.15, -0.1) is 0 Å². The number of anilines is 1. The van der Waals surface area contributed by atoms with Gasteiger partial charge in [-0.2, -0.15) is 0 Å². The lowest BCUT2D eigenvalue weighted by atomic mass is 9.95. The highest BCUT2D eigenvalue weighted by Gasteiger charge is 2.20. The van der Waals surface area contributed by atoms with E-state index in [0.29, 0.717) is 16.7 Å². The SMILES string of the molecule is NCc1ccc(C(=O)Nc2ccncc2F)cc1-c1cccc(C(=O)NC2=CCOC2=O)c1. The van der Waals surface area contributed by atoms with Crippen LogP contribution in [0.2, 0.25) is 0 Å². The third kappa shape index (κ3) is 4.78. The molecule has 0 bridgehead atoms. The molecule has 0 atom stereocenters. The van der Waals surface area contributed by atoms with Crippen LogP contribution < -0.4 is 16.4 Å². The summed E-state index contributed by atoms with van der Waals surface area (Å²) in [5.74, 6) is -2.22. The minimum absolute atomic E-state index is 0.0119. The molecule has 33 heavy (non-hydrogen) atoms. The van der Waals surface area contributed by atoms with Gasteiger partial charge in [-0.1, -0.05) is 18.2 Å². The van der Waals surface area contributed by atoms with E-state index in [1.165, 1.54) is 18.3 Å². The number of ether oxygens (including phenoxy) is 1. The molecule has 0 saturated carbocycles. The maximum Gasteiger partial charge on any atom is 0.354 e. The first kappa shape index (κ1) is 21.8. The molecule has 2 heterocycles. The average Bonchev–Trinajstić information content (AvgIpc) is 3.24.